The van der Waals surface area contributed by atoms with Crippen molar-refractivity contribution in [3.63, 3.8) is 0 Å². The zero-order valence-electron chi connectivity index (χ0n) is 13.3. The molecule has 0 aliphatic carbocycles. The Morgan fingerprint density at radius 3 is 2.45 bits per heavy atom. The third-order valence-corrected chi connectivity index (χ3v) is 4.17. The number of carboxylic acids is 1. The summed E-state index contributed by atoms with van der Waals surface area (Å²) in [5.74, 6) is -0.0229. The highest BCUT2D eigenvalue weighted by Crippen LogP contribution is 2.24. The number of aliphatic carboxylic acids is 1. The topological polar surface area (TPSA) is 60.9 Å². The van der Waals surface area contributed by atoms with Crippen LogP contribution in [-0.4, -0.2) is 52.6 Å². The van der Waals surface area contributed by atoms with Gasteiger partial charge in [-0.2, -0.15) is 0 Å². The molecular formula is C15H28N2O3. The molecule has 2 amide bonds. The van der Waals surface area contributed by atoms with Crippen molar-refractivity contribution >= 4 is 12.0 Å². The maximum Gasteiger partial charge on any atom is 0.326 e. The van der Waals surface area contributed by atoms with E-state index in [0.29, 0.717) is 24.8 Å². The van der Waals surface area contributed by atoms with E-state index in [1.165, 1.54) is 4.90 Å². The first-order valence-electron chi connectivity index (χ1n) is 7.50. The molecule has 0 aromatic heterocycles. The minimum atomic E-state index is -0.894. The maximum absolute atomic E-state index is 12.5. The van der Waals surface area contributed by atoms with Gasteiger partial charge in [-0.3, -0.25) is 0 Å². The Kier molecular flexibility index (Phi) is 5.84. The van der Waals surface area contributed by atoms with Gasteiger partial charge in [0.2, 0.25) is 0 Å². The monoisotopic (exact) mass is 284 g/mol. The van der Waals surface area contributed by atoms with Gasteiger partial charge in [0.05, 0.1) is 0 Å². The molecule has 0 saturated carbocycles. The van der Waals surface area contributed by atoms with Gasteiger partial charge in [0.15, 0.2) is 0 Å². The van der Waals surface area contributed by atoms with Gasteiger partial charge in [0.1, 0.15) is 6.04 Å². The molecule has 0 spiro atoms. The molecule has 5 heteroatoms. The maximum atomic E-state index is 12.5. The number of urea groups is 1. The summed E-state index contributed by atoms with van der Waals surface area (Å²) in [6, 6.07) is -0.714. The predicted molar refractivity (Wildman–Crippen MR) is 78.6 cm³/mol. The molecule has 5 nitrogen and oxygen atoms in total. The molecule has 0 bridgehead atoms. The van der Waals surface area contributed by atoms with Crippen LogP contribution < -0.4 is 0 Å². The molecule has 0 aromatic rings. The Hall–Kier alpha value is -1.26. The number of rotatable bonds is 4. The summed E-state index contributed by atoms with van der Waals surface area (Å²) in [5.41, 5.74) is 0. The average molecular weight is 284 g/mol. The molecule has 1 rings (SSSR count). The van der Waals surface area contributed by atoms with Crippen molar-refractivity contribution in [2.45, 2.75) is 59.0 Å². The summed E-state index contributed by atoms with van der Waals surface area (Å²) in [4.78, 5) is 27.1. The molecule has 0 aromatic carbocycles. The minimum Gasteiger partial charge on any atom is -0.480 e. The summed E-state index contributed by atoms with van der Waals surface area (Å²) in [6.07, 6.45) is 2.35. The third-order valence-electron chi connectivity index (χ3n) is 4.17. The zero-order chi connectivity index (χ0) is 15.4. The highest BCUT2D eigenvalue weighted by atomic mass is 16.4. The minimum absolute atomic E-state index is 0.122. The standard InChI is InChI=1S/C15H28N2O3/c1-10(2)8-12(4)16(5)15(20)17-7-6-11(3)9-13(17)14(18)19/h10-13H,6-9H2,1-5H3,(H,18,19). The number of amides is 2. The molecule has 1 saturated heterocycles. The second kappa shape index (κ2) is 6.95. The van der Waals surface area contributed by atoms with Crippen molar-refractivity contribution in [3.8, 4) is 0 Å². The molecule has 116 valence electrons. The fourth-order valence-corrected chi connectivity index (χ4v) is 2.84. The summed E-state index contributed by atoms with van der Waals surface area (Å²) < 4.78 is 0. The Morgan fingerprint density at radius 1 is 1.35 bits per heavy atom. The summed E-state index contributed by atoms with van der Waals surface area (Å²) in [5, 5.41) is 9.33. The molecule has 1 N–H and O–H groups in total. The van der Waals surface area contributed by atoms with Crippen LogP contribution in [0.4, 0.5) is 4.79 Å². The smallest absolute Gasteiger partial charge is 0.326 e. The Bertz CT molecular complexity index is 357. The SMILES string of the molecule is CC(C)CC(C)N(C)C(=O)N1CCC(C)CC1C(=O)O. The first-order chi connectivity index (χ1) is 9.23. The van der Waals surface area contributed by atoms with Crippen molar-refractivity contribution < 1.29 is 14.7 Å². The molecule has 1 aliphatic heterocycles. The highest BCUT2D eigenvalue weighted by molar-refractivity contribution is 5.83. The van der Waals surface area contributed by atoms with E-state index >= 15 is 0 Å². The van der Waals surface area contributed by atoms with Crippen LogP contribution in [0.5, 0.6) is 0 Å². The zero-order valence-corrected chi connectivity index (χ0v) is 13.3. The van der Waals surface area contributed by atoms with E-state index in [9.17, 15) is 14.7 Å². The lowest BCUT2D eigenvalue weighted by Gasteiger charge is -2.39. The molecule has 3 unspecified atom stereocenters. The van der Waals surface area contributed by atoms with Crippen LogP contribution in [0, 0.1) is 11.8 Å². The molecule has 20 heavy (non-hydrogen) atoms. The van der Waals surface area contributed by atoms with Gasteiger partial charge in [-0.25, -0.2) is 9.59 Å². The molecule has 1 fully saturated rings. The molecule has 1 aliphatic rings. The van der Waals surface area contributed by atoms with Crippen LogP contribution >= 0.6 is 0 Å². The van der Waals surface area contributed by atoms with Crippen molar-refractivity contribution in [2.24, 2.45) is 11.8 Å². The quantitative estimate of drug-likeness (QED) is 0.863. The van der Waals surface area contributed by atoms with Gasteiger partial charge in [0.25, 0.3) is 0 Å². The van der Waals surface area contributed by atoms with Gasteiger partial charge in [-0.1, -0.05) is 20.8 Å². The van der Waals surface area contributed by atoms with E-state index in [0.717, 1.165) is 12.8 Å². The number of nitrogens with zero attached hydrogens (tertiary/aromatic N) is 2. The lowest BCUT2D eigenvalue weighted by atomic mass is 9.92. The second-order valence-corrected chi connectivity index (χ2v) is 6.55. The first-order valence-corrected chi connectivity index (χ1v) is 7.50. The number of carbonyl (C=O) groups excluding carboxylic acids is 1. The number of piperidine rings is 1. The number of carboxylic acid groups (broad SMARTS) is 1. The molecule has 1 heterocycles. The molecule has 3 atom stereocenters. The highest BCUT2D eigenvalue weighted by Gasteiger charge is 2.36. The van der Waals surface area contributed by atoms with E-state index in [1.807, 2.05) is 13.8 Å². The lowest BCUT2D eigenvalue weighted by molar-refractivity contribution is -0.144. The van der Waals surface area contributed by atoms with E-state index < -0.39 is 12.0 Å². The normalized spacial score (nSPS) is 24.6. The Labute approximate surface area is 121 Å². The Morgan fingerprint density at radius 2 is 1.95 bits per heavy atom. The molecule has 0 radical (unpaired) electrons. The average Bonchev–Trinajstić information content (AvgIpc) is 2.36. The summed E-state index contributed by atoms with van der Waals surface area (Å²) in [6.45, 7) is 8.84. The lowest BCUT2D eigenvalue weighted by Crippen LogP contribution is -2.55. The van der Waals surface area contributed by atoms with E-state index in [4.69, 9.17) is 0 Å². The van der Waals surface area contributed by atoms with Gasteiger partial charge in [-0.15, -0.1) is 0 Å². The van der Waals surface area contributed by atoms with Crippen LogP contribution in [0.1, 0.15) is 47.0 Å². The number of likely N-dealkylation sites (tertiary alicyclic amines) is 1. The number of hydrogen-bond acceptors (Lipinski definition) is 2. The van der Waals surface area contributed by atoms with Crippen LogP contribution in [0.25, 0.3) is 0 Å². The summed E-state index contributed by atoms with van der Waals surface area (Å²) >= 11 is 0. The predicted octanol–water partition coefficient (Wildman–Crippen LogP) is 2.66. The van der Waals surface area contributed by atoms with Crippen LogP contribution in [0.3, 0.4) is 0 Å². The molecular weight excluding hydrogens is 256 g/mol. The van der Waals surface area contributed by atoms with Crippen LogP contribution in [0.2, 0.25) is 0 Å². The van der Waals surface area contributed by atoms with Crippen molar-refractivity contribution in [2.75, 3.05) is 13.6 Å². The Balaban J connectivity index is 2.75. The largest absolute Gasteiger partial charge is 0.480 e. The van der Waals surface area contributed by atoms with Gasteiger partial charge >= 0.3 is 12.0 Å². The van der Waals surface area contributed by atoms with Gasteiger partial charge in [0, 0.05) is 19.6 Å². The fraction of sp³-hybridized carbons (Fsp3) is 0.867. The van der Waals surface area contributed by atoms with Gasteiger partial charge in [-0.05, 0) is 38.0 Å². The van der Waals surface area contributed by atoms with Crippen molar-refractivity contribution in [1.82, 2.24) is 9.80 Å². The fourth-order valence-electron chi connectivity index (χ4n) is 2.84. The van der Waals surface area contributed by atoms with Crippen molar-refractivity contribution in [3.05, 3.63) is 0 Å². The first kappa shape index (κ1) is 16.8. The van der Waals surface area contributed by atoms with Gasteiger partial charge < -0.3 is 14.9 Å². The van der Waals surface area contributed by atoms with Crippen LogP contribution in [0.15, 0.2) is 0 Å². The van der Waals surface area contributed by atoms with E-state index in [1.54, 1.807) is 11.9 Å². The van der Waals surface area contributed by atoms with Crippen LogP contribution in [-0.2, 0) is 4.79 Å². The van der Waals surface area contributed by atoms with E-state index in [-0.39, 0.29) is 12.1 Å². The van der Waals surface area contributed by atoms with E-state index in [2.05, 4.69) is 13.8 Å². The number of hydrogen-bond donors (Lipinski definition) is 1. The third kappa shape index (κ3) is 4.12. The second-order valence-electron chi connectivity index (χ2n) is 6.55. The number of carbonyl (C=O) groups is 2. The summed E-state index contributed by atoms with van der Waals surface area (Å²) in [7, 11) is 1.77. The van der Waals surface area contributed by atoms with Crippen molar-refractivity contribution in [1.29, 1.82) is 0 Å².